The molecule has 1 aromatic heterocycles. The van der Waals surface area contributed by atoms with Gasteiger partial charge in [0.15, 0.2) is 0 Å². The van der Waals surface area contributed by atoms with E-state index in [-0.39, 0.29) is 11.7 Å². The van der Waals surface area contributed by atoms with Crippen LogP contribution >= 0.6 is 24.0 Å². The summed E-state index contributed by atoms with van der Waals surface area (Å²) in [4.78, 5) is 27.2. The molecular formula is C10H14N2O3S2. The summed E-state index contributed by atoms with van der Waals surface area (Å²) in [5, 5.41) is 5.08. The van der Waals surface area contributed by atoms with Gasteiger partial charge in [0.05, 0.1) is 12.1 Å². The van der Waals surface area contributed by atoms with Crippen molar-refractivity contribution in [3.05, 3.63) is 16.1 Å². The minimum absolute atomic E-state index is 0.184. The van der Waals surface area contributed by atoms with Crippen LogP contribution in [0.3, 0.4) is 0 Å². The Labute approximate surface area is 109 Å². The summed E-state index contributed by atoms with van der Waals surface area (Å²) in [5.74, 6) is -0.715. The van der Waals surface area contributed by atoms with Gasteiger partial charge in [0.2, 0.25) is 0 Å². The first-order valence-electron chi connectivity index (χ1n) is 5.06. The Morgan fingerprint density at radius 1 is 1.65 bits per heavy atom. The highest BCUT2D eigenvalue weighted by Gasteiger charge is 2.21. The van der Waals surface area contributed by atoms with Crippen LogP contribution in [0.15, 0.2) is 5.38 Å². The van der Waals surface area contributed by atoms with Gasteiger partial charge in [0, 0.05) is 11.1 Å². The highest BCUT2D eigenvalue weighted by molar-refractivity contribution is 7.80. The van der Waals surface area contributed by atoms with Crippen LogP contribution in [0.2, 0.25) is 0 Å². The quantitative estimate of drug-likeness (QED) is 0.618. The summed E-state index contributed by atoms with van der Waals surface area (Å²) in [6, 6.07) is -0.748. The van der Waals surface area contributed by atoms with Gasteiger partial charge in [-0.2, -0.15) is 12.6 Å². The Morgan fingerprint density at radius 2 is 2.35 bits per heavy atom. The van der Waals surface area contributed by atoms with Crippen LogP contribution in [0.5, 0.6) is 0 Å². The zero-order valence-electron chi connectivity index (χ0n) is 9.60. The van der Waals surface area contributed by atoms with Crippen LogP contribution in [-0.4, -0.2) is 35.8 Å². The lowest BCUT2D eigenvalue weighted by Crippen LogP contribution is -2.43. The Balaban J connectivity index is 2.67. The summed E-state index contributed by atoms with van der Waals surface area (Å²) in [6.07, 6.45) is 0.783. The predicted molar refractivity (Wildman–Crippen MR) is 68.6 cm³/mol. The molecule has 0 aliphatic rings. The lowest BCUT2D eigenvalue weighted by atomic mass is 10.3. The minimum Gasteiger partial charge on any atom is -0.467 e. The minimum atomic E-state index is -0.748. The maximum Gasteiger partial charge on any atom is 0.329 e. The standard InChI is InChI=1S/C10H14N2O3S2/c1-3-8-11-7(5-17-8)9(13)12-6(4-16)10(14)15-2/h5-6,16H,3-4H2,1-2H3,(H,12,13). The number of amides is 1. The van der Waals surface area contributed by atoms with Crippen molar-refractivity contribution < 1.29 is 14.3 Å². The molecule has 1 unspecified atom stereocenters. The molecule has 0 aromatic carbocycles. The van der Waals surface area contributed by atoms with E-state index < -0.39 is 12.0 Å². The Hall–Kier alpha value is -1.08. The number of methoxy groups -OCH3 is 1. The van der Waals surface area contributed by atoms with Gasteiger partial charge in [-0.15, -0.1) is 11.3 Å². The predicted octanol–water partition coefficient (Wildman–Crippen LogP) is 0.907. The SMILES string of the molecule is CCc1nc(C(=O)NC(CS)C(=O)OC)cs1. The molecule has 1 heterocycles. The first-order valence-corrected chi connectivity index (χ1v) is 6.57. The van der Waals surface area contributed by atoms with Gasteiger partial charge in [-0.1, -0.05) is 6.92 Å². The van der Waals surface area contributed by atoms with Crippen LogP contribution in [0.25, 0.3) is 0 Å². The summed E-state index contributed by atoms with van der Waals surface area (Å²) >= 11 is 5.41. The first-order chi connectivity index (χ1) is 8.12. The van der Waals surface area contributed by atoms with Crippen LogP contribution in [0.1, 0.15) is 22.4 Å². The third-order valence-electron chi connectivity index (χ3n) is 2.06. The molecule has 17 heavy (non-hydrogen) atoms. The molecule has 7 heteroatoms. The first kappa shape index (κ1) is 14.0. The number of carbonyl (C=O) groups excluding carboxylic acids is 2. The summed E-state index contributed by atoms with van der Waals surface area (Å²) in [7, 11) is 1.27. The molecule has 0 saturated heterocycles. The second-order valence-electron chi connectivity index (χ2n) is 3.21. The maximum atomic E-state index is 11.8. The topological polar surface area (TPSA) is 68.3 Å². The lowest BCUT2D eigenvalue weighted by molar-refractivity contribution is -0.142. The summed E-state index contributed by atoms with van der Waals surface area (Å²) in [5.41, 5.74) is 0.322. The number of nitrogens with zero attached hydrogens (tertiary/aromatic N) is 1. The van der Waals surface area contributed by atoms with Gasteiger partial charge in [0.25, 0.3) is 5.91 Å². The maximum absolute atomic E-state index is 11.8. The third-order valence-corrected chi connectivity index (χ3v) is 3.42. The van der Waals surface area contributed by atoms with Gasteiger partial charge in [-0.25, -0.2) is 9.78 Å². The normalized spacial score (nSPS) is 11.9. The number of thiazole rings is 1. The van der Waals surface area contributed by atoms with Crippen molar-refractivity contribution in [3.63, 3.8) is 0 Å². The summed E-state index contributed by atoms with van der Waals surface area (Å²) < 4.78 is 4.55. The average molecular weight is 274 g/mol. The van der Waals surface area contributed by atoms with Crippen LogP contribution in [0.4, 0.5) is 0 Å². The van der Waals surface area contributed by atoms with Crippen molar-refractivity contribution in [1.29, 1.82) is 0 Å². The van der Waals surface area contributed by atoms with E-state index in [1.54, 1.807) is 5.38 Å². The fourth-order valence-corrected chi connectivity index (χ4v) is 2.10. The van der Waals surface area contributed by atoms with Crippen LogP contribution in [0, 0.1) is 0 Å². The highest BCUT2D eigenvalue weighted by atomic mass is 32.1. The molecule has 0 spiro atoms. The van der Waals surface area contributed by atoms with E-state index >= 15 is 0 Å². The number of hydrogen-bond donors (Lipinski definition) is 2. The molecule has 1 N–H and O–H groups in total. The van der Waals surface area contributed by atoms with E-state index in [2.05, 4.69) is 27.7 Å². The van der Waals surface area contributed by atoms with Crippen molar-refractivity contribution in [2.45, 2.75) is 19.4 Å². The molecule has 0 bridgehead atoms. The van der Waals surface area contributed by atoms with E-state index in [1.165, 1.54) is 18.4 Å². The smallest absolute Gasteiger partial charge is 0.329 e. The van der Waals surface area contributed by atoms with E-state index in [9.17, 15) is 9.59 Å². The monoisotopic (exact) mass is 274 g/mol. The van der Waals surface area contributed by atoms with Crippen molar-refractivity contribution >= 4 is 35.8 Å². The summed E-state index contributed by atoms with van der Waals surface area (Å²) in [6.45, 7) is 1.96. The van der Waals surface area contributed by atoms with Crippen molar-refractivity contribution in [1.82, 2.24) is 10.3 Å². The number of aryl methyl sites for hydroxylation is 1. The van der Waals surface area contributed by atoms with Gasteiger partial charge < -0.3 is 10.1 Å². The molecule has 0 radical (unpaired) electrons. The second kappa shape index (κ2) is 6.61. The average Bonchev–Trinajstić information content (AvgIpc) is 2.83. The molecule has 5 nitrogen and oxygen atoms in total. The number of thiol groups is 1. The molecule has 1 atom stereocenters. The fourth-order valence-electron chi connectivity index (χ4n) is 1.13. The molecule has 0 aliphatic carbocycles. The largest absolute Gasteiger partial charge is 0.467 e. The van der Waals surface area contributed by atoms with E-state index in [0.29, 0.717) is 5.69 Å². The number of esters is 1. The number of carbonyl (C=O) groups is 2. The molecule has 0 aliphatic heterocycles. The number of nitrogens with one attached hydrogen (secondary N) is 1. The molecule has 1 rings (SSSR count). The Kier molecular flexibility index (Phi) is 5.43. The molecule has 0 fully saturated rings. The van der Waals surface area contributed by atoms with E-state index in [4.69, 9.17) is 0 Å². The van der Waals surface area contributed by atoms with Crippen LogP contribution in [-0.2, 0) is 16.0 Å². The number of rotatable bonds is 5. The second-order valence-corrected chi connectivity index (χ2v) is 4.52. The van der Waals surface area contributed by atoms with Gasteiger partial charge in [-0.3, -0.25) is 4.79 Å². The number of hydrogen-bond acceptors (Lipinski definition) is 6. The number of ether oxygens (including phenoxy) is 1. The highest BCUT2D eigenvalue weighted by Crippen LogP contribution is 2.10. The van der Waals surface area contributed by atoms with Crippen molar-refractivity contribution in [3.8, 4) is 0 Å². The third kappa shape index (κ3) is 3.71. The zero-order chi connectivity index (χ0) is 12.8. The fraction of sp³-hybridized carbons (Fsp3) is 0.500. The molecule has 1 aromatic rings. The Morgan fingerprint density at radius 3 is 2.82 bits per heavy atom. The molecule has 94 valence electrons. The van der Waals surface area contributed by atoms with E-state index in [0.717, 1.165) is 11.4 Å². The molecular weight excluding hydrogens is 260 g/mol. The number of aromatic nitrogens is 1. The van der Waals surface area contributed by atoms with Gasteiger partial charge in [-0.05, 0) is 6.42 Å². The van der Waals surface area contributed by atoms with Crippen molar-refractivity contribution in [2.24, 2.45) is 0 Å². The van der Waals surface area contributed by atoms with Crippen molar-refractivity contribution in [2.75, 3.05) is 12.9 Å². The van der Waals surface area contributed by atoms with E-state index in [1.807, 2.05) is 6.92 Å². The Bertz CT molecular complexity index is 406. The zero-order valence-corrected chi connectivity index (χ0v) is 11.3. The molecule has 1 amide bonds. The van der Waals surface area contributed by atoms with Gasteiger partial charge >= 0.3 is 5.97 Å². The lowest BCUT2D eigenvalue weighted by Gasteiger charge is -2.12. The van der Waals surface area contributed by atoms with Gasteiger partial charge in [0.1, 0.15) is 11.7 Å². The van der Waals surface area contributed by atoms with Crippen LogP contribution < -0.4 is 5.32 Å². The molecule has 0 saturated carbocycles.